The second-order valence-corrected chi connectivity index (χ2v) is 7.09. The van der Waals surface area contributed by atoms with Crippen molar-refractivity contribution in [3.05, 3.63) is 29.8 Å². The molecule has 0 spiro atoms. The van der Waals surface area contributed by atoms with Crippen LogP contribution in [0.5, 0.6) is 5.75 Å². The van der Waals surface area contributed by atoms with Gasteiger partial charge in [0.05, 0.1) is 7.11 Å². The number of nitrogens with zero attached hydrogens (tertiary/aromatic N) is 2. The van der Waals surface area contributed by atoms with Gasteiger partial charge in [-0.2, -0.15) is 0 Å². The molecule has 1 aliphatic carbocycles. The van der Waals surface area contributed by atoms with Gasteiger partial charge in [0, 0.05) is 25.7 Å². The van der Waals surface area contributed by atoms with E-state index < -0.39 is 0 Å². The third kappa shape index (κ3) is 4.02. The molecule has 3 heteroatoms. The van der Waals surface area contributed by atoms with E-state index in [0.29, 0.717) is 0 Å². The fraction of sp³-hybridized carbons (Fsp3) is 0.684. The van der Waals surface area contributed by atoms with Crippen molar-refractivity contribution in [1.82, 2.24) is 9.80 Å². The zero-order valence-corrected chi connectivity index (χ0v) is 14.1. The second-order valence-electron chi connectivity index (χ2n) is 7.09. The molecule has 22 heavy (non-hydrogen) atoms. The summed E-state index contributed by atoms with van der Waals surface area (Å²) in [4.78, 5) is 5.37. The molecule has 0 aromatic heterocycles. The number of ether oxygens (including phenoxy) is 1. The number of benzene rings is 1. The highest BCUT2D eigenvalue weighted by atomic mass is 16.5. The summed E-state index contributed by atoms with van der Waals surface area (Å²) in [5, 5.41) is 0. The van der Waals surface area contributed by atoms with Gasteiger partial charge in [0.1, 0.15) is 5.75 Å². The van der Waals surface area contributed by atoms with Crippen molar-refractivity contribution in [3.63, 3.8) is 0 Å². The van der Waals surface area contributed by atoms with Gasteiger partial charge in [-0.15, -0.1) is 0 Å². The smallest absolute Gasteiger partial charge is 0.118 e. The Morgan fingerprint density at radius 2 is 1.86 bits per heavy atom. The largest absolute Gasteiger partial charge is 0.497 e. The fourth-order valence-electron chi connectivity index (χ4n) is 4.01. The molecule has 1 aromatic carbocycles. The Labute approximate surface area is 135 Å². The molecule has 1 aliphatic heterocycles. The van der Waals surface area contributed by atoms with E-state index in [1.54, 1.807) is 7.11 Å². The molecule has 122 valence electrons. The highest BCUT2D eigenvalue weighted by molar-refractivity contribution is 5.27. The number of hydrogen-bond donors (Lipinski definition) is 0. The number of rotatable bonds is 4. The average molecular weight is 302 g/mol. The van der Waals surface area contributed by atoms with Gasteiger partial charge in [-0.25, -0.2) is 0 Å². The van der Waals surface area contributed by atoms with E-state index in [4.69, 9.17) is 4.74 Å². The molecule has 2 aliphatic rings. The lowest BCUT2D eigenvalue weighted by molar-refractivity contribution is 0.195. The maximum absolute atomic E-state index is 5.24. The topological polar surface area (TPSA) is 15.7 Å². The summed E-state index contributed by atoms with van der Waals surface area (Å²) in [6, 6.07) is 9.38. The molecule has 0 bridgehead atoms. The highest BCUT2D eigenvalue weighted by Crippen LogP contribution is 2.29. The van der Waals surface area contributed by atoms with Gasteiger partial charge >= 0.3 is 0 Å². The van der Waals surface area contributed by atoms with Crippen LogP contribution < -0.4 is 4.74 Å². The predicted molar refractivity (Wildman–Crippen MR) is 91.3 cm³/mol. The molecule has 0 radical (unpaired) electrons. The third-order valence-electron chi connectivity index (χ3n) is 5.37. The summed E-state index contributed by atoms with van der Waals surface area (Å²) in [6.45, 7) is 8.44. The first-order valence-electron chi connectivity index (χ1n) is 8.84. The molecule has 1 saturated heterocycles. The Morgan fingerprint density at radius 3 is 2.55 bits per heavy atom. The first-order valence-corrected chi connectivity index (χ1v) is 8.84. The minimum absolute atomic E-state index is 0.857. The quantitative estimate of drug-likeness (QED) is 0.848. The summed E-state index contributed by atoms with van der Waals surface area (Å²) < 4.78 is 5.24. The van der Waals surface area contributed by atoms with E-state index in [1.807, 2.05) is 0 Å². The van der Waals surface area contributed by atoms with Crippen LogP contribution in [-0.2, 0) is 6.54 Å². The van der Waals surface area contributed by atoms with E-state index in [-0.39, 0.29) is 0 Å². The van der Waals surface area contributed by atoms with E-state index >= 15 is 0 Å². The van der Waals surface area contributed by atoms with Gasteiger partial charge in [-0.1, -0.05) is 19.1 Å². The predicted octanol–water partition coefficient (Wildman–Crippen LogP) is 3.39. The van der Waals surface area contributed by atoms with Crippen molar-refractivity contribution in [2.75, 3.05) is 33.3 Å². The van der Waals surface area contributed by atoms with Crippen LogP contribution in [0.3, 0.4) is 0 Å². The number of methoxy groups -OCH3 is 1. The third-order valence-corrected chi connectivity index (χ3v) is 5.37. The summed E-state index contributed by atoms with van der Waals surface area (Å²) in [7, 11) is 1.72. The minimum atomic E-state index is 0.857. The lowest BCUT2D eigenvalue weighted by Gasteiger charge is -2.27. The first-order chi connectivity index (χ1) is 10.7. The van der Waals surface area contributed by atoms with Crippen LogP contribution in [0.1, 0.15) is 38.2 Å². The molecule has 0 N–H and O–H groups in total. The molecule has 0 amide bonds. The van der Waals surface area contributed by atoms with Crippen LogP contribution >= 0.6 is 0 Å². The van der Waals surface area contributed by atoms with Gasteiger partial charge in [-0.05, 0) is 62.4 Å². The summed E-state index contributed by atoms with van der Waals surface area (Å²) in [5.74, 6) is 1.88. The molecular formula is C19H30N2O. The molecule has 2 fully saturated rings. The fourth-order valence-corrected chi connectivity index (χ4v) is 4.01. The van der Waals surface area contributed by atoms with Crippen molar-refractivity contribution in [3.8, 4) is 5.75 Å². The van der Waals surface area contributed by atoms with Crippen LogP contribution in [0, 0.1) is 5.92 Å². The maximum Gasteiger partial charge on any atom is 0.118 e. The van der Waals surface area contributed by atoms with E-state index in [0.717, 1.165) is 24.3 Å². The molecule has 2 atom stereocenters. The van der Waals surface area contributed by atoms with E-state index in [9.17, 15) is 0 Å². The van der Waals surface area contributed by atoms with Crippen molar-refractivity contribution in [1.29, 1.82) is 0 Å². The number of hydrogen-bond acceptors (Lipinski definition) is 3. The normalized spacial score (nSPS) is 27.7. The van der Waals surface area contributed by atoms with Gasteiger partial charge < -0.3 is 4.74 Å². The summed E-state index contributed by atoms with van der Waals surface area (Å²) >= 11 is 0. The molecule has 3 nitrogen and oxygen atoms in total. The lowest BCUT2D eigenvalue weighted by Crippen LogP contribution is -2.37. The first kappa shape index (κ1) is 15.8. The van der Waals surface area contributed by atoms with Crippen LogP contribution in [0.2, 0.25) is 0 Å². The Bertz CT molecular complexity index is 459. The average Bonchev–Trinajstić information content (AvgIpc) is 2.83. The van der Waals surface area contributed by atoms with Crippen molar-refractivity contribution in [2.24, 2.45) is 5.92 Å². The standard InChI is InChI=1S/C19H30N2O/c1-16-4-7-18(14-16)21-11-3-10-20(12-13-21)15-17-5-8-19(22-2)9-6-17/h5-6,8-9,16,18H,3-4,7,10-15H2,1-2H3/t16-,18+/m1/s1. The van der Waals surface area contributed by atoms with E-state index in [2.05, 4.69) is 41.0 Å². The summed E-state index contributed by atoms with van der Waals surface area (Å²) in [5.41, 5.74) is 1.39. The SMILES string of the molecule is COc1ccc(CN2CCCN([C@H]3CC[C@@H](C)C3)CC2)cc1. The van der Waals surface area contributed by atoms with Crippen molar-refractivity contribution in [2.45, 2.75) is 45.2 Å². The lowest BCUT2D eigenvalue weighted by atomic mass is 10.1. The Kier molecular flexibility index (Phi) is 5.37. The monoisotopic (exact) mass is 302 g/mol. The van der Waals surface area contributed by atoms with Gasteiger partial charge in [0.25, 0.3) is 0 Å². The Hall–Kier alpha value is -1.06. The van der Waals surface area contributed by atoms with Crippen LogP contribution in [-0.4, -0.2) is 49.1 Å². The van der Waals surface area contributed by atoms with Gasteiger partial charge in [0.2, 0.25) is 0 Å². The molecular weight excluding hydrogens is 272 g/mol. The second kappa shape index (κ2) is 7.47. The highest BCUT2D eigenvalue weighted by Gasteiger charge is 2.28. The molecule has 0 unspecified atom stereocenters. The zero-order valence-electron chi connectivity index (χ0n) is 14.1. The molecule has 3 rings (SSSR count). The van der Waals surface area contributed by atoms with Crippen molar-refractivity contribution < 1.29 is 4.74 Å². The van der Waals surface area contributed by atoms with E-state index in [1.165, 1.54) is 57.4 Å². The molecule has 1 aromatic rings. The minimum Gasteiger partial charge on any atom is -0.497 e. The Balaban J connectivity index is 1.51. The Morgan fingerprint density at radius 1 is 1.05 bits per heavy atom. The van der Waals surface area contributed by atoms with Crippen molar-refractivity contribution >= 4 is 0 Å². The zero-order chi connectivity index (χ0) is 15.4. The maximum atomic E-state index is 5.24. The molecule has 1 heterocycles. The van der Waals surface area contributed by atoms with Crippen LogP contribution in [0.25, 0.3) is 0 Å². The summed E-state index contributed by atoms with van der Waals surface area (Å²) in [6.07, 6.45) is 5.57. The van der Waals surface area contributed by atoms with Gasteiger partial charge in [0.15, 0.2) is 0 Å². The van der Waals surface area contributed by atoms with Crippen LogP contribution in [0.15, 0.2) is 24.3 Å². The van der Waals surface area contributed by atoms with Gasteiger partial charge in [-0.3, -0.25) is 9.80 Å². The van der Waals surface area contributed by atoms with Crippen LogP contribution in [0.4, 0.5) is 0 Å². The molecule has 1 saturated carbocycles.